The molecule has 0 spiro atoms. The zero-order valence-electron chi connectivity index (χ0n) is 12.3. The summed E-state index contributed by atoms with van der Waals surface area (Å²) in [6.07, 6.45) is 0.943. The molecule has 2 aromatic rings. The van der Waals surface area contributed by atoms with E-state index in [0.29, 0.717) is 5.92 Å². The lowest BCUT2D eigenvalue weighted by Crippen LogP contribution is -2.14. The average molecular weight is 325 g/mol. The SMILES string of the molecule is CC[C@H](C)c1ccc(S(=O)(=O)Nc2cc(F)ccc2F)cc1. The van der Waals surface area contributed by atoms with Crippen molar-refractivity contribution in [3.05, 3.63) is 59.7 Å². The molecule has 118 valence electrons. The number of anilines is 1. The fraction of sp³-hybridized carbons (Fsp3) is 0.250. The van der Waals surface area contributed by atoms with Gasteiger partial charge in [-0.2, -0.15) is 0 Å². The number of benzene rings is 2. The molecule has 0 unspecified atom stereocenters. The lowest BCUT2D eigenvalue weighted by Gasteiger charge is -2.12. The molecule has 0 bridgehead atoms. The Morgan fingerprint density at radius 1 is 1.09 bits per heavy atom. The van der Waals surface area contributed by atoms with Crippen LogP contribution >= 0.6 is 0 Å². The van der Waals surface area contributed by atoms with Gasteiger partial charge < -0.3 is 0 Å². The summed E-state index contributed by atoms with van der Waals surface area (Å²) >= 11 is 0. The Morgan fingerprint density at radius 2 is 1.73 bits per heavy atom. The van der Waals surface area contributed by atoms with Gasteiger partial charge in [-0.15, -0.1) is 0 Å². The van der Waals surface area contributed by atoms with Gasteiger partial charge >= 0.3 is 0 Å². The Kier molecular flexibility index (Phi) is 4.81. The molecule has 3 nitrogen and oxygen atoms in total. The van der Waals surface area contributed by atoms with E-state index in [1.165, 1.54) is 12.1 Å². The van der Waals surface area contributed by atoms with Crippen molar-refractivity contribution in [2.75, 3.05) is 4.72 Å². The number of hydrogen-bond acceptors (Lipinski definition) is 2. The topological polar surface area (TPSA) is 46.2 Å². The van der Waals surface area contributed by atoms with E-state index in [1.807, 2.05) is 13.8 Å². The van der Waals surface area contributed by atoms with Crippen LogP contribution < -0.4 is 4.72 Å². The molecule has 0 aromatic heterocycles. The summed E-state index contributed by atoms with van der Waals surface area (Å²) in [4.78, 5) is 0.00298. The highest BCUT2D eigenvalue weighted by atomic mass is 32.2. The van der Waals surface area contributed by atoms with E-state index < -0.39 is 27.3 Å². The number of halogens is 2. The molecule has 2 rings (SSSR count). The normalized spacial score (nSPS) is 12.9. The van der Waals surface area contributed by atoms with E-state index in [4.69, 9.17) is 0 Å². The highest BCUT2D eigenvalue weighted by Crippen LogP contribution is 2.23. The third-order valence-electron chi connectivity index (χ3n) is 3.54. The van der Waals surface area contributed by atoms with E-state index >= 15 is 0 Å². The van der Waals surface area contributed by atoms with Gasteiger partial charge in [0.2, 0.25) is 0 Å². The molecule has 1 atom stereocenters. The smallest absolute Gasteiger partial charge is 0.261 e. The molecular formula is C16H17F2NO2S. The zero-order valence-corrected chi connectivity index (χ0v) is 13.1. The molecule has 0 fully saturated rings. The molecule has 6 heteroatoms. The maximum atomic E-state index is 13.5. The highest BCUT2D eigenvalue weighted by molar-refractivity contribution is 7.92. The number of sulfonamides is 1. The Balaban J connectivity index is 2.28. The molecule has 22 heavy (non-hydrogen) atoms. The molecule has 0 radical (unpaired) electrons. The van der Waals surface area contributed by atoms with Crippen molar-refractivity contribution in [1.82, 2.24) is 0 Å². The molecular weight excluding hydrogens is 308 g/mol. The Labute approximate surface area is 129 Å². The molecule has 0 aliphatic rings. The first-order valence-corrected chi connectivity index (χ1v) is 8.39. The lowest BCUT2D eigenvalue weighted by atomic mass is 9.99. The van der Waals surface area contributed by atoms with Crippen molar-refractivity contribution in [3.63, 3.8) is 0 Å². The van der Waals surface area contributed by atoms with Crippen LogP contribution in [0.3, 0.4) is 0 Å². The molecule has 0 amide bonds. The second kappa shape index (κ2) is 6.44. The van der Waals surface area contributed by atoms with E-state index in [9.17, 15) is 17.2 Å². The van der Waals surface area contributed by atoms with Crippen LogP contribution in [0, 0.1) is 11.6 Å². The third-order valence-corrected chi connectivity index (χ3v) is 4.93. The van der Waals surface area contributed by atoms with E-state index in [2.05, 4.69) is 4.72 Å². The van der Waals surface area contributed by atoms with Crippen LogP contribution in [-0.4, -0.2) is 8.42 Å². The predicted molar refractivity (Wildman–Crippen MR) is 82.3 cm³/mol. The van der Waals surface area contributed by atoms with Gasteiger partial charge in [0.1, 0.15) is 11.6 Å². The maximum absolute atomic E-state index is 13.5. The van der Waals surface area contributed by atoms with Crippen molar-refractivity contribution in [2.45, 2.75) is 31.1 Å². The Morgan fingerprint density at radius 3 is 2.32 bits per heavy atom. The van der Waals surface area contributed by atoms with Crippen LogP contribution in [-0.2, 0) is 10.0 Å². The second-order valence-electron chi connectivity index (χ2n) is 5.11. The van der Waals surface area contributed by atoms with Gasteiger partial charge in [-0.3, -0.25) is 4.72 Å². The second-order valence-corrected chi connectivity index (χ2v) is 6.79. The standard InChI is InChI=1S/C16H17F2NO2S/c1-3-11(2)12-4-7-14(8-5-12)22(20,21)19-16-10-13(17)6-9-15(16)18/h4-11,19H,3H2,1-2H3/t11-/m0/s1. The molecule has 2 aromatic carbocycles. The highest BCUT2D eigenvalue weighted by Gasteiger charge is 2.17. The van der Waals surface area contributed by atoms with Crippen LogP contribution in [0.25, 0.3) is 0 Å². The van der Waals surface area contributed by atoms with Crippen molar-refractivity contribution >= 4 is 15.7 Å². The van der Waals surface area contributed by atoms with Crippen LogP contribution in [0.4, 0.5) is 14.5 Å². The molecule has 0 heterocycles. The Hall–Kier alpha value is -1.95. The number of hydrogen-bond donors (Lipinski definition) is 1. The van der Waals surface area contributed by atoms with Gasteiger partial charge in [-0.1, -0.05) is 26.0 Å². The molecule has 0 aliphatic heterocycles. The summed E-state index contributed by atoms with van der Waals surface area (Å²) in [5.41, 5.74) is 0.615. The average Bonchev–Trinajstić information content (AvgIpc) is 2.50. The largest absolute Gasteiger partial charge is 0.277 e. The summed E-state index contributed by atoms with van der Waals surface area (Å²) < 4.78 is 53.1. The first-order chi connectivity index (χ1) is 10.3. The van der Waals surface area contributed by atoms with E-state index in [-0.39, 0.29) is 4.90 Å². The molecule has 0 saturated carbocycles. The quantitative estimate of drug-likeness (QED) is 0.892. The van der Waals surface area contributed by atoms with E-state index in [0.717, 1.165) is 30.2 Å². The van der Waals surface area contributed by atoms with Crippen LogP contribution in [0.2, 0.25) is 0 Å². The van der Waals surface area contributed by atoms with Gasteiger partial charge in [-0.05, 0) is 42.2 Å². The predicted octanol–water partition coefficient (Wildman–Crippen LogP) is 4.28. The van der Waals surface area contributed by atoms with Crippen molar-refractivity contribution in [2.24, 2.45) is 0 Å². The van der Waals surface area contributed by atoms with Crippen molar-refractivity contribution < 1.29 is 17.2 Å². The molecule has 0 saturated heterocycles. The van der Waals surface area contributed by atoms with Gasteiger partial charge in [0.05, 0.1) is 10.6 Å². The van der Waals surface area contributed by atoms with Crippen molar-refractivity contribution in [1.29, 1.82) is 0 Å². The first kappa shape index (κ1) is 16.4. The minimum atomic E-state index is -3.96. The summed E-state index contributed by atoms with van der Waals surface area (Å²) in [6.45, 7) is 4.09. The van der Waals surface area contributed by atoms with Gasteiger partial charge in [0.15, 0.2) is 0 Å². The van der Waals surface area contributed by atoms with Crippen LogP contribution in [0.5, 0.6) is 0 Å². The number of nitrogens with one attached hydrogen (secondary N) is 1. The fourth-order valence-electron chi connectivity index (χ4n) is 1.99. The van der Waals surface area contributed by atoms with Gasteiger partial charge in [-0.25, -0.2) is 17.2 Å². The van der Waals surface area contributed by atoms with Gasteiger partial charge in [0, 0.05) is 6.07 Å². The summed E-state index contributed by atoms with van der Waals surface area (Å²) in [6, 6.07) is 8.98. The minimum Gasteiger partial charge on any atom is -0.277 e. The molecule has 0 aliphatic carbocycles. The first-order valence-electron chi connectivity index (χ1n) is 6.91. The zero-order chi connectivity index (χ0) is 16.3. The van der Waals surface area contributed by atoms with Crippen LogP contribution in [0.15, 0.2) is 47.4 Å². The lowest BCUT2D eigenvalue weighted by molar-refractivity contribution is 0.594. The minimum absolute atomic E-state index is 0.00298. The summed E-state index contributed by atoms with van der Waals surface area (Å²) in [7, 11) is -3.96. The van der Waals surface area contributed by atoms with Crippen molar-refractivity contribution in [3.8, 4) is 0 Å². The fourth-order valence-corrected chi connectivity index (χ4v) is 3.05. The van der Waals surface area contributed by atoms with E-state index in [1.54, 1.807) is 12.1 Å². The van der Waals surface area contributed by atoms with Gasteiger partial charge in [0.25, 0.3) is 10.0 Å². The maximum Gasteiger partial charge on any atom is 0.261 e. The van der Waals surface area contributed by atoms with Crippen LogP contribution in [0.1, 0.15) is 31.7 Å². The summed E-state index contributed by atoms with van der Waals surface area (Å²) in [5, 5.41) is 0. The number of rotatable bonds is 5. The monoisotopic (exact) mass is 325 g/mol. The molecule has 1 N–H and O–H groups in total. The third kappa shape index (κ3) is 3.62. The Bertz CT molecular complexity index is 758. The summed E-state index contributed by atoms with van der Waals surface area (Å²) in [5.74, 6) is -1.22.